The number of para-hydroxylation sites is 2. The van der Waals surface area contributed by atoms with Crippen molar-refractivity contribution in [1.29, 1.82) is 0 Å². The Kier molecular flexibility index (Phi) is 8.03. The van der Waals surface area contributed by atoms with Crippen LogP contribution in [0, 0.1) is 0 Å². The zero-order chi connectivity index (χ0) is 44.5. The van der Waals surface area contributed by atoms with Crippen LogP contribution in [0.1, 0.15) is 82.3 Å². The van der Waals surface area contributed by atoms with E-state index in [1.165, 1.54) is 72.3 Å². The number of allylic oxidation sites excluding steroid dienone is 4. The first-order chi connectivity index (χ1) is 33.0. The Morgan fingerprint density at radius 2 is 0.970 bits per heavy atom. The molecule has 14 rings (SSSR count). The normalized spacial score (nSPS) is 16.3. The van der Waals surface area contributed by atoms with Gasteiger partial charge in [-0.15, -0.1) is 0 Å². The van der Waals surface area contributed by atoms with Crippen LogP contribution >= 0.6 is 0 Å². The molecule has 4 aliphatic rings. The van der Waals surface area contributed by atoms with Gasteiger partial charge in [-0.1, -0.05) is 207 Å². The fourth-order valence-electron chi connectivity index (χ4n) is 13.2. The quantitative estimate of drug-likeness (QED) is 0.171. The Morgan fingerprint density at radius 1 is 0.433 bits per heavy atom. The number of furan rings is 1. The molecule has 0 N–H and O–H groups in total. The highest BCUT2D eigenvalue weighted by Gasteiger charge is 2.56. The number of anilines is 3. The molecule has 1 spiro atoms. The van der Waals surface area contributed by atoms with Gasteiger partial charge < -0.3 is 9.32 Å². The molecule has 4 aliphatic carbocycles. The summed E-state index contributed by atoms with van der Waals surface area (Å²) in [4.78, 5) is 2.48. The van der Waals surface area contributed by atoms with E-state index in [0.29, 0.717) is 0 Å². The number of hydrogen-bond donors (Lipinski definition) is 0. The van der Waals surface area contributed by atoms with Gasteiger partial charge in [0.05, 0.1) is 16.5 Å². The molecule has 1 aromatic heterocycles. The second kappa shape index (κ2) is 14.0. The molecule has 318 valence electrons. The van der Waals surface area contributed by atoms with Crippen LogP contribution < -0.4 is 4.90 Å². The molecule has 9 aromatic carbocycles. The summed E-state index contributed by atoms with van der Waals surface area (Å²) in [6, 6.07) is 79.7. The highest BCUT2D eigenvalue weighted by atomic mass is 16.3. The van der Waals surface area contributed by atoms with Crippen molar-refractivity contribution >= 4 is 44.6 Å². The third kappa shape index (κ3) is 5.00. The van der Waals surface area contributed by atoms with E-state index >= 15 is 0 Å². The standard InChI is InChI=1S/C65H47NO/c1-63(2)52-28-12-9-24-46(52)48-38-36-44(40-58(48)63)66(60-34-19-27-51-50-26-11-18-35-61(50)67-62(51)60)45-37-39-49-47-25-10-13-29-53(47)65(59(49)41-45)56-32-16-14-30-54(56)64(42-20-5-3-6-21-42,43-22-7-4-8-23-43)55-31-15-17-33-57(55)65/h3-11,13-27,29-41H,12,28H2,1-2H3. The van der Waals surface area contributed by atoms with Gasteiger partial charge in [-0.3, -0.25) is 0 Å². The van der Waals surface area contributed by atoms with E-state index in [1.807, 2.05) is 0 Å². The van der Waals surface area contributed by atoms with Crippen molar-refractivity contribution in [3.63, 3.8) is 0 Å². The Balaban J connectivity index is 1.07. The van der Waals surface area contributed by atoms with Crippen molar-refractivity contribution in [2.45, 2.75) is 42.9 Å². The summed E-state index contributed by atoms with van der Waals surface area (Å²) in [7, 11) is 0. The van der Waals surface area contributed by atoms with Crippen molar-refractivity contribution in [3.05, 3.63) is 286 Å². The van der Waals surface area contributed by atoms with Crippen molar-refractivity contribution in [3.8, 4) is 11.1 Å². The highest BCUT2D eigenvalue weighted by Crippen LogP contribution is 2.65. The third-order valence-electron chi connectivity index (χ3n) is 15.9. The summed E-state index contributed by atoms with van der Waals surface area (Å²) in [5.74, 6) is 0. The summed E-state index contributed by atoms with van der Waals surface area (Å²) < 4.78 is 6.91. The van der Waals surface area contributed by atoms with Crippen LogP contribution in [-0.2, 0) is 16.2 Å². The lowest BCUT2D eigenvalue weighted by atomic mass is 9.51. The van der Waals surface area contributed by atoms with Crippen LogP contribution in [0.5, 0.6) is 0 Å². The largest absolute Gasteiger partial charge is 0.454 e. The van der Waals surface area contributed by atoms with Crippen molar-refractivity contribution in [1.82, 2.24) is 0 Å². The second-order valence-corrected chi connectivity index (χ2v) is 19.4. The molecule has 0 atom stereocenters. The molecule has 0 fully saturated rings. The molecule has 0 saturated carbocycles. The van der Waals surface area contributed by atoms with E-state index in [1.54, 1.807) is 5.57 Å². The predicted molar refractivity (Wildman–Crippen MR) is 276 cm³/mol. The molecule has 0 saturated heterocycles. The Bertz CT molecular complexity index is 3640. The van der Waals surface area contributed by atoms with E-state index in [4.69, 9.17) is 4.42 Å². The molecule has 0 amide bonds. The molecular weight excluding hydrogens is 811 g/mol. The maximum absolute atomic E-state index is 6.91. The lowest BCUT2D eigenvalue weighted by Crippen LogP contribution is -2.44. The van der Waals surface area contributed by atoms with E-state index in [-0.39, 0.29) is 5.41 Å². The van der Waals surface area contributed by atoms with Gasteiger partial charge in [0, 0.05) is 27.6 Å². The van der Waals surface area contributed by atoms with Crippen LogP contribution in [0.3, 0.4) is 0 Å². The summed E-state index contributed by atoms with van der Waals surface area (Å²) in [5, 5.41) is 2.23. The zero-order valence-corrected chi connectivity index (χ0v) is 37.6. The Hall–Kier alpha value is -7.94. The van der Waals surface area contributed by atoms with Gasteiger partial charge in [0.25, 0.3) is 0 Å². The average molecular weight is 858 g/mol. The molecule has 0 radical (unpaired) electrons. The minimum atomic E-state index is -0.630. The lowest BCUT2D eigenvalue weighted by molar-refractivity contribution is 0.607. The SMILES string of the molecule is CC1(C)C2=C(C=CCC2)c2ccc(N(c3ccc4c(c3)C3(c5ccccc5-4)c4ccccc4C(c4ccccc4)(c4ccccc4)c4ccccc43)c3cccc4c3oc3ccccc34)cc21. The number of rotatable bonds is 5. The van der Waals surface area contributed by atoms with E-state index in [2.05, 4.69) is 243 Å². The first-order valence-electron chi connectivity index (χ1n) is 23.8. The van der Waals surface area contributed by atoms with Crippen molar-refractivity contribution < 1.29 is 4.42 Å². The van der Waals surface area contributed by atoms with Gasteiger partial charge in [0.2, 0.25) is 0 Å². The van der Waals surface area contributed by atoms with Gasteiger partial charge in [-0.05, 0) is 122 Å². The fraction of sp³-hybridized carbons (Fsp3) is 0.108. The van der Waals surface area contributed by atoms with Crippen LogP contribution in [0.15, 0.2) is 234 Å². The summed E-state index contributed by atoms with van der Waals surface area (Å²) in [6.07, 6.45) is 6.89. The number of benzene rings is 9. The molecule has 67 heavy (non-hydrogen) atoms. The lowest BCUT2D eigenvalue weighted by Gasteiger charge is -2.50. The van der Waals surface area contributed by atoms with Gasteiger partial charge in [0.15, 0.2) is 5.58 Å². The van der Waals surface area contributed by atoms with Gasteiger partial charge in [0.1, 0.15) is 5.58 Å². The van der Waals surface area contributed by atoms with Crippen molar-refractivity contribution in [2.75, 3.05) is 4.90 Å². The summed E-state index contributed by atoms with van der Waals surface area (Å²) in [6.45, 7) is 4.83. The van der Waals surface area contributed by atoms with Gasteiger partial charge in [-0.25, -0.2) is 0 Å². The van der Waals surface area contributed by atoms with Crippen LogP contribution in [0.4, 0.5) is 17.1 Å². The number of hydrogen-bond acceptors (Lipinski definition) is 2. The summed E-state index contributed by atoms with van der Waals surface area (Å²) >= 11 is 0. The molecule has 0 unspecified atom stereocenters. The molecule has 0 aliphatic heterocycles. The zero-order valence-electron chi connectivity index (χ0n) is 37.6. The minimum absolute atomic E-state index is 0.0916. The molecular formula is C65H47NO. The van der Waals surface area contributed by atoms with E-state index < -0.39 is 10.8 Å². The monoisotopic (exact) mass is 857 g/mol. The molecule has 2 heteroatoms. The molecule has 0 bridgehead atoms. The first kappa shape index (κ1) is 38.3. The topological polar surface area (TPSA) is 16.4 Å². The van der Waals surface area contributed by atoms with Crippen molar-refractivity contribution in [2.24, 2.45) is 0 Å². The Labute approximate surface area is 391 Å². The van der Waals surface area contributed by atoms with Gasteiger partial charge in [-0.2, -0.15) is 0 Å². The molecule has 10 aromatic rings. The highest BCUT2D eigenvalue weighted by molar-refractivity contribution is 6.10. The maximum atomic E-state index is 6.91. The van der Waals surface area contributed by atoms with Crippen LogP contribution in [0.25, 0.3) is 38.6 Å². The fourth-order valence-corrected chi connectivity index (χ4v) is 13.2. The van der Waals surface area contributed by atoms with E-state index in [9.17, 15) is 0 Å². The minimum Gasteiger partial charge on any atom is -0.454 e. The predicted octanol–water partition coefficient (Wildman–Crippen LogP) is 16.5. The third-order valence-corrected chi connectivity index (χ3v) is 15.9. The maximum Gasteiger partial charge on any atom is 0.159 e. The first-order valence-corrected chi connectivity index (χ1v) is 23.8. The molecule has 1 heterocycles. The average Bonchev–Trinajstić information content (AvgIpc) is 3.99. The second-order valence-electron chi connectivity index (χ2n) is 19.4. The number of fused-ring (bicyclic) bond motifs is 14. The summed E-state index contributed by atoms with van der Waals surface area (Å²) in [5.41, 5.74) is 22.2. The van der Waals surface area contributed by atoms with Gasteiger partial charge >= 0.3 is 0 Å². The Morgan fingerprint density at radius 3 is 1.66 bits per heavy atom. The van der Waals surface area contributed by atoms with Crippen LogP contribution in [-0.4, -0.2) is 0 Å². The smallest absolute Gasteiger partial charge is 0.159 e. The van der Waals surface area contributed by atoms with E-state index in [0.717, 1.165) is 51.8 Å². The van der Waals surface area contributed by atoms with Crippen LogP contribution in [0.2, 0.25) is 0 Å². The number of nitrogens with zero attached hydrogens (tertiary/aromatic N) is 1. The molecule has 2 nitrogen and oxygen atoms in total.